The van der Waals surface area contributed by atoms with Gasteiger partial charge < -0.3 is 14.2 Å². The Morgan fingerprint density at radius 2 is 2.30 bits per heavy atom. The van der Waals surface area contributed by atoms with E-state index in [0.29, 0.717) is 32.8 Å². The van der Waals surface area contributed by atoms with E-state index in [4.69, 9.17) is 9.47 Å². The van der Waals surface area contributed by atoms with Crippen molar-refractivity contribution in [3.63, 3.8) is 0 Å². The Hall–Kier alpha value is -1.66. The van der Waals surface area contributed by atoms with Gasteiger partial charge in [-0.3, -0.25) is 4.90 Å². The molecule has 1 fully saturated rings. The standard InChI is InChI=1S/C14H18FNO4/c1-18-14(17)13-10-16(7-9-20-13)6-8-19-12-5-3-2-4-11(12)15/h2-5,13H,6-10H2,1H3. The highest BCUT2D eigenvalue weighted by atomic mass is 19.1. The Morgan fingerprint density at radius 3 is 3.05 bits per heavy atom. The van der Waals surface area contributed by atoms with Gasteiger partial charge >= 0.3 is 5.97 Å². The molecule has 0 bridgehead atoms. The van der Waals surface area contributed by atoms with E-state index < -0.39 is 6.10 Å². The summed E-state index contributed by atoms with van der Waals surface area (Å²) >= 11 is 0. The number of hydrogen-bond acceptors (Lipinski definition) is 5. The Bertz CT molecular complexity index is 455. The largest absolute Gasteiger partial charge is 0.489 e. The summed E-state index contributed by atoms with van der Waals surface area (Å²) in [6.45, 7) is 2.61. The first-order valence-electron chi connectivity index (χ1n) is 6.50. The van der Waals surface area contributed by atoms with Gasteiger partial charge in [0.2, 0.25) is 0 Å². The number of hydrogen-bond donors (Lipinski definition) is 0. The van der Waals surface area contributed by atoms with Gasteiger partial charge in [0.15, 0.2) is 17.7 Å². The van der Waals surface area contributed by atoms with Crippen molar-refractivity contribution >= 4 is 5.97 Å². The summed E-state index contributed by atoms with van der Waals surface area (Å²) in [5, 5.41) is 0. The molecule has 5 nitrogen and oxygen atoms in total. The smallest absolute Gasteiger partial charge is 0.336 e. The molecule has 1 aliphatic rings. The number of nitrogens with zero attached hydrogens (tertiary/aromatic N) is 1. The molecule has 1 heterocycles. The minimum atomic E-state index is -0.554. The average molecular weight is 283 g/mol. The van der Waals surface area contributed by atoms with Crippen LogP contribution in [0.5, 0.6) is 5.75 Å². The third kappa shape index (κ3) is 3.91. The zero-order valence-electron chi connectivity index (χ0n) is 11.4. The first-order valence-corrected chi connectivity index (χ1v) is 6.50. The summed E-state index contributed by atoms with van der Waals surface area (Å²) in [4.78, 5) is 13.4. The van der Waals surface area contributed by atoms with Crippen molar-refractivity contribution in [3.05, 3.63) is 30.1 Å². The van der Waals surface area contributed by atoms with Crippen LogP contribution in [-0.2, 0) is 14.3 Å². The lowest BCUT2D eigenvalue weighted by molar-refractivity contribution is -0.159. The molecule has 0 radical (unpaired) electrons. The molecular weight excluding hydrogens is 265 g/mol. The van der Waals surface area contributed by atoms with Gasteiger partial charge in [-0.1, -0.05) is 12.1 Å². The number of methoxy groups -OCH3 is 1. The Labute approximate surface area is 117 Å². The van der Waals surface area contributed by atoms with Crippen LogP contribution in [0.15, 0.2) is 24.3 Å². The zero-order valence-corrected chi connectivity index (χ0v) is 11.4. The Kier molecular flexibility index (Phi) is 5.31. The van der Waals surface area contributed by atoms with Crippen LogP contribution in [0.1, 0.15) is 0 Å². The maximum Gasteiger partial charge on any atom is 0.336 e. The van der Waals surface area contributed by atoms with Gasteiger partial charge in [-0.15, -0.1) is 0 Å². The molecule has 0 amide bonds. The van der Waals surface area contributed by atoms with Gasteiger partial charge in [-0.25, -0.2) is 9.18 Å². The third-order valence-electron chi connectivity index (χ3n) is 3.12. The number of rotatable bonds is 5. The monoisotopic (exact) mass is 283 g/mol. The van der Waals surface area contributed by atoms with Gasteiger partial charge in [0.25, 0.3) is 0 Å². The van der Waals surface area contributed by atoms with Crippen molar-refractivity contribution in [2.75, 3.05) is 40.0 Å². The second-order valence-electron chi connectivity index (χ2n) is 4.46. The molecule has 6 heteroatoms. The fourth-order valence-corrected chi connectivity index (χ4v) is 2.03. The van der Waals surface area contributed by atoms with Crippen LogP contribution in [0.4, 0.5) is 4.39 Å². The number of morpholine rings is 1. The molecule has 110 valence electrons. The predicted molar refractivity (Wildman–Crippen MR) is 70.1 cm³/mol. The maximum absolute atomic E-state index is 13.3. The van der Waals surface area contributed by atoms with Crippen molar-refractivity contribution in [2.45, 2.75) is 6.10 Å². The summed E-state index contributed by atoms with van der Waals surface area (Å²) in [7, 11) is 1.34. The molecule has 0 aliphatic carbocycles. The molecule has 0 N–H and O–H groups in total. The third-order valence-corrected chi connectivity index (χ3v) is 3.12. The van der Waals surface area contributed by atoms with E-state index in [1.54, 1.807) is 18.2 Å². The molecule has 1 saturated heterocycles. The molecule has 0 spiro atoms. The summed E-state index contributed by atoms with van der Waals surface area (Å²) < 4.78 is 28.7. The highest BCUT2D eigenvalue weighted by Gasteiger charge is 2.27. The van der Waals surface area contributed by atoms with Crippen molar-refractivity contribution in [1.82, 2.24) is 4.90 Å². The molecular formula is C14H18FNO4. The lowest BCUT2D eigenvalue weighted by atomic mass is 10.2. The van der Waals surface area contributed by atoms with E-state index in [-0.39, 0.29) is 17.5 Å². The number of carbonyl (C=O) groups is 1. The van der Waals surface area contributed by atoms with Crippen molar-refractivity contribution in [3.8, 4) is 5.75 Å². The topological polar surface area (TPSA) is 48.0 Å². The highest BCUT2D eigenvalue weighted by molar-refractivity contribution is 5.74. The van der Waals surface area contributed by atoms with E-state index in [1.807, 2.05) is 4.90 Å². The van der Waals surface area contributed by atoms with Gasteiger partial charge in [-0.2, -0.15) is 0 Å². The summed E-state index contributed by atoms with van der Waals surface area (Å²) in [5.41, 5.74) is 0. The summed E-state index contributed by atoms with van der Waals surface area (Å²) in [6.07, 6.45) is -0.554. The first kappa shape index (κ1) is 14.7. The second-order valence-corrected chi connectivity index (χ2v) is 4.46. The Balaban J connectivity index is 1.77. The van der Waals surface area contributed by atoms with Gasteiger partial charge in [-0.05, 0) is 12.1 Å². The fourth-order valence-electron chi connectivity index (χ4n) is 2.03. The summed E-state index contributed by atoms with van der Waals surface area (Å²) in [5.74, 6) is -0.503. The lowest BCUT2D eigenvalue weighted by Crippen LogP contribution is -2.47. The molecule has 1 atom stereocenters. The number of esters is 1. The van der Waals surface area contributed by atoms with Gasteiger partial charge in [0.1, 0.15) is 6.61 Å². The van der Waals surface area contributed by atoms with E-state index in [2.05, 4.69) is 4.74 Å². The molecule has 2 rings (SSSR count). The van der Waals surface area contributed by atoms with Crippen LogP contribution in [0.25, 0.3) is 0 Å². The van der Waals surface area contributed by atoms with Crippen LogP contribution in [0.3, 0.4) is 0 Å². The van der Waals surface area contributed by atoms with Crippen LogP contribution in [0, 0.1) is 5.82 Å². The van der Waals surface area contributed by atoms with Crippen LogP contribution in [0.2, 0.25) is 0 Å². The van der Waals surface area contributed by atoms with Crippen LogP contribution in [-0.4, -0.2) is 56.9 Å². The van der Waals surface area contributed by atoms with Crippen LogP contribution < -0.4 is 4.74 Å². The molecule has 0 saturated carbocycles. The molecule has 1 aromatic carbocycles. The van der Waals surface area contributed by atoms with Crippen LogP contribution >= 0.6 is 0 Å². The van der Waals surface area contributed by atoms with E-state index in [0.717, 1.165) is 0 Å². The molecule has 1 aliphatic heterocycles. The quantitative estimate of drug-likeness (QED) is 0.757. The van der Waals surface area contributed by atoms with E-state index >= 15 is 0 Å². The normalized spacial score (nSPS) is 19.6. The van der Waals surface area contributed by atoms with Crippen molar-refractivity contribution in [2.24, 2.45) is 0 Å². The van der Waals surface area contributed by atoms with Gasteiger partial charge in [0, 0.05) is 19.6 Å². The molecule has 1 unspecified atom stereocenters. The predicted octanol–water partition coefficient (Wildman–Crippen LogP) is 1.08. The number of benzene rings is 1. The Morgan fingerprint density at radius 1 is 1.50 bits per heavy atom. The first-order chi connectivity index (χ1) is 9.70. The minimum absolute atomic E-state index is 0.241. The van der Waals surface area contributed by atoms with E-state index in [9.17, 15) is 9.18 Å². The minimum Gasteiger partial charge on any atom is -0.489 e. The van der Waals surface area contributed by atoms with Crippen molar-refractivity contribution < 1.29 is 23.4 Å². The highest BCUT2D eigenvalue weighted by Crippen LogP contribution is 2.15. The number of carbonyl (C=O) groups excluding carboxylic acids is 1. The number of para-hydroxylation sites is 1. The van der Waals surface area contributed by atoms with Crippen molar-refractivity contribution in [1.29, 1.82) is 0 Å². The average Bonchev–Trinajstić information content (AvgIpc) is 2.49. The van der Waals surface area contributed by atoms with E-state index in [1.165, 1.54) is 13.2 Å². The maximum atomic E-state index is 13.3. The molecule has 1 aromatic rings. The fraction of sp³-hybridized carbons (Fsp3) is 0.500. The number of ether oxygens (including phenoxy) is 3. The summed E-state index contributed by atoms with van der Waals surface area (Å²) in [6, 6.07) is 6.29. The lowest BCUT2D eigenvalue weighted by Gasteiger charge is -2.31. The molecule has 20 heavy (non-hydrogen) atoms. The SMILES string of the molecule is COC(=O)C1CN(CCOc2ccccc2F)CCO1. The zero-order chi connectivity index (χ0) is 14.4. The molecule has 0 aromatic heterocycles. The second kappa shape index (κ2) is 7.21. The number of halogens is 1. The van der Waals surface area contributed by atoms with Gasteiger partial charge in [0.05, 0.1) is 13.7 Å².